The van der Waals surface area contributed by atoms with E-state index < -0.39 is 17.7 Å². The lowest BCUT2D eigenvalue weighted by Crippen LogP contribution is -2.54. The summed E-state index contributed by atoms with van der Waals surface area (Å²) in [5.74, 6) is -0.103. The molecule has 1 unspecified atom stereocenters. The van der Waals surface area contributed by atoms with Crippen LogP contribution in [-0.4, -0.2) is 54.8 Å². The van der Waals surface area contributed by atoms with E-state index in [2.05, 4.69) is 5.32 Å². The van der Waals surface area contributed by atoms with Crippen molar-refractivity contribution >= 4 is 12.0 Å². The Balaban J connectivity index is 2.64. The van der Waals surface area contributed by atoms with Gasteiger partial charge >= 0.3 is 6.09 Å². The Bertz CT molecular complexity index is 379. The van der Waals surface area contributed by atoms with E-state index >= 15 is 0 Å². The van der Waals surface area contributed by atoms with Crippen molar-refractivity contribution in [2.75, 3.05) is 20.3 Å². The fraction of sp³-hybridized carbons (Fsp3) is 0.875. The molecule has 6 nitrogen and oxygen atoms in total. The highest BCUT2D eigenvalue weighted by atomic mass is 16.6. The van der Waals surface area contributed by atoms with Gasteiger partial charge in [0.05, 0.1) is 0 Å². The molecule has 0 aromatic heterocycles. The second kappa shape index (κ2) is 8.36. The average molecular weight is 314 g/mol. The average Bonchev–Trinajstić information content (AvgIpc) is 2.43. The minimum atomic E-state index is -0.554. The van der Waals surface area contributed by atoms with Crippen molar-refractivity contribution in [1.29, 1.82) is 0 Å². The van der Waals surface area contributed by atoms with Crippen LogP contribution in [0, 0.1) is 0 Å². The minimum absolute atomic E-state index is 0.0230. The molecule has 0 aliphatic carbocycles. The van der Waals surface area contributed by atoms with Crippen LogP contribution in [-0.2, 0) is 14.3 Å². The number of rotatable bonds is 5. The van der Waals surface area contributed by atoms with E-state index in [-0.39, 0.29) is 11.9 Å². The van der Waals surface area contributed by atoms with Gasteiger partial charge in [0.25, 0.3) is 0 Å². The summed E-state index contributed by atoms with van der Waals surface area (Å²) in [5.41, 5.74) is -0.554. The molecule has 2 amide bonds. The molecule has 6 heteroatoms. The minimum Gasteiger partial charge on any atom is -0.444 e. The van der Waals surface area contributed by atoms with Crippen LogP contribution in [0.5, 0.6) is 0 Å². The summed E-state index contributed by atoms with van der Waals surface area (Å²) in [7, 11) is 1.64. The third kappa shape index (κ3) is 6.22. The normalized spacial score (nSPS) is 20.4. The van der Waals surface area contributed by atoms with Gasteiger partial charge in [-0.15, -0.1) is 0 Å². The number of likely N-dealkylation sites (tertiary alicyclic amines) is 1. The molecule has 2 atom stereocenters. The third-order valence-electron chi connectivity index (χ3n) is 3.58. The van der Waals surface area contributed by atoms with Gasteiger partial charge in [0.1, 0.15) is 11.6 Å². The van der Waals surface area contributed by atoms with E-state index in [9.17, 15) is 9.59 Å². The van der Waals surface area contributed by atoms with Crippen molar-refractivity contribution in [1.82, 2.24) is 10.2 Å². The highest BCUT2D eigenvalue weighted by Crippen LogP contribution is 2.20. The van der Waals surface area contributed by atoms with E-state index in [4.69, 9.17) is 9.47 Å². The van der Waals surface area contributed by atoms with Crippen LogP contribution < -0.4 is 5.32 Å². The molecule has 0 saturated carbocycles. The van der Waals surface area contributed by atoms with Gasteiger partial charge in [0, 0.05) is 26.3 Å². The lowest BCUT2D eigenvalue weighted by atomic mass is 10.0. The molecule has 0 radical (unpaired) electrons. The van der Waals surface area contributed by atoms with Crippen LogP contribution in [0.1, 0.15) is 53.4 Å². The number of ether oxygens (including phenoxy) is 2. The fourth-order valence-corrected chi connectivity index (χ4v) is 2.45. The first kappa shape index (κ1) is 18.7. The highest BCUT2D eigenvalue weighted by Gasteiger charge is 2.35. The van der Waals surface area contributed by atoms with E-state index in [1.807, 2.05) is 27.7 Å². The number of hydrogen-bond donors (Lipinski definition) is 1. The first-order valence-corrected chi connectivity index (χ1v) is 8.03. The molecule has 22 heavy (non-hydrogen) atoms. The van der Waals surface area contributed by atoms with Gasteiger partial charge in [0.15, 0.2) is 0 Å². The predicted octanol–water partition coefficient (Wildman–Crippen LogP) is 2.32. The Morgan fingerprint density at radius 1 is 1.32 bits per heavy atom. The molecule has 1 heterocycles. The SMILES string of the molecule is COCCC(C)NC(=O)[C@H]1CCCCN1C(=O)OC(C)(C)C. The standard InChI is InChI=1S/C16H30N2O4/c1-12(9-11-21-5)17-14(19)13-8-6-7-10-18(13)15(20)22-16(2,3)4/h12-13H,6-11H2,1-5H3,(H,17,19)/t12?,13-/m1/s1. The number of carbonyl (C=O) groups excluding carboxylic acids is 2. The zero-order valence-electron chi connectivity index (χ0n) is 14.5. The number of piperidine rings is 1. The summed E-state index contributed by atoms with van der Waals surface area (Å²) in [4.78, 5) is 26.3. The lowest BCUT2D eigenvalue weighted by Gasteiger charge is -2.36. The monoisotopic (exact) mass is 314 g/mol. The summed E-state index contributed by atoms with van der Waals surface area (Å²) < 4.78 is 10.4. The molecule has 1 aliphatic heterocycles. The Labute approximate surface area is 133 Å². The zero-order valence-corrected chi connectivity index (χ0v) is 14.5. The van der Waals surface area contributed by atoms with Crippen molar-refractivity contribution in [2.45, 2.75) is 71.1 Å². The van der Waals surface area contributed by atoms with Crippen LogP contribution >= 0.6 is 0 Å². The van der Waals surface area contributed by atoms with E-state index in [1.54, 1.807) is 12.0 Å². The Hall–Kier alpha value is -1.30. The molecule has 1 fully saturated rings. The lowest BCUT2D eigenvalue weighted by molar-refractivity contribution is -0.128. The largest absolute Gasteiger partial charge is 0.444 e. The van der Waals surface area contributed by atoms with Crippen LogP contribution in [0.3, 0.4) is 0 Å². The van der Waals surface area contributed by atoms with Gasteiger partial charge in [-0.1, -0.05) is 0 Å². The molecular formula is C16H30N2O4. The molecule has 1 aliphatic rings. The summed E-state index contributed by atoms with van der Waals surface area (Å²) in [6.07, 6.45) is 2.88. The number of amides is 2. The summed E-state index contributed by atoms with van der Waals surface area (Å²) in [6, 6.07) is -0.413. The molecule has 1 N–H and O–H groups in total. The maximum Gasteiger partial charge on any atom is 0.410 e. The van der Waals surface area contributed by atoms with Crippen LogP contribution in [0.2, 0.25) is 0 Å². The van der Waals surface area contributed by atoms with Gasteiger partial charge in [0.2, 0.25) is 5.91 Å². The first-order chi connectivity index (χ1) is 10.2. The number of methoxy groups -OCH3 is 1. The second-order valence-electron chi connectivity index (χ2n) is 6.88. The van der Waals surface area contributed by atoms with Gasteiger partial charge < -0.3 is 14.8 Å². The maximum absolute atomic E-state index is 12.5. The molecule has 0 aromatic carbocycles. The van der Waals surface area contributed by atoms with Crippen LogP contribution in [0.15, 0.2) is 0 Å². The topological polar surface area (TPSA) is 67.9 Å². The molecule has 1 rings (SSSR count). The highest BCUT2D eigenvalue weighted by molar-refractivity contribution is 5.86. The number of nitrogens with zero attached hydrogens (tertiary/aromatic N) is 1. The fourth-order valence-electron chi connectivity index (χ4n) is 2.45. The number of carbonyl (C=O) groups is 2. The summed E-state index contributed by atoms with van der Waals surface area (Å²) in [6.45, 7) is 8.60. The molecule has 1 saturated heterocycles. The summed E-state index contributed by atoms with van der Waals surface area (Å²) >= 11 is 0. The maximum atomic E-state index is 12.5. The number of hydrogen-bond acceptors (Lipinski definition) is 4. The second-order valence-corrected chi connectivity index (χ2v) is 6.88. The Morgan fingerprint density at radius 2 is 2.00 bits per heavy atom. The van der Waals surface area contributed by atoms with E-state index in [0.29, 0.717) is 19.6 Å². The van der Waals surface area contributed by atoms with Crippen LogP contribution in [0.4, 0.5) is 4.79 Å². The van der Waals surface area contributed by atoms with Gasteiger partial charge in [-0.3, -0.25) is 9.69 Å². The smallest absolute Gasteiger partial charge is 0.410 e. The van der Waals surface area contributed by atoms with Gasteiger partial charge in [-0.2, -0.15) is 0 Å². The van der Waals surface area contributed by atoms with Gasteiger partial charge in [-0.25, -0.2) is 4.79 Å². The first-order valence-electron chi connectivity index (χ1n) is 8.03. The molecule has 0 bridgehead atoms. The molecule has 0 spiro atoms. The number of nitrogens with one attached hydrogen (secondary N) is 1. The molecular weight excluding hydrogens is 284 g/mol. The summed E-state index contributed by atoms with van der Waals surface area (Å²) in [5, 5.41) is 2.96. The van der Waals surface area contributed by atoms with Crippen LogP contribution in [0.25, 0.3) is 0 Å². The van der Waals surface area contributed by atoms with Crippen molar-refractivity contribution in [3.05, 3.63) is 0 Å². The van der Waals surface area contributed by atoms with Crippen molar-refractivity contribution in [3.8, 4) is 0 Å². The quantitative estimate of drug-likeness (QED) is 0.845. The van der Waals surface area contributed by atoms with E-state index in [0.717, 1.165) is 19.3 Å². The van der Waals surface area contributed by atoms with E-state index in [1.165, 1.54) is 0 Å². The van der Waals surface area contributed by atoms with Gasteiger partial charge in [-0.05, 0) is 53.4 Å². The Kier molecular flexibility index (Phi) is 7.13. The predicted molar refractivity (Wildman–Crippen MR) is 84.7 cm³/mol. The Morgan fingerprint density at radius 3 is 2.59 bits per heavy atom. The van der Waals surface area contributed by atoms with Crippen molar-refractivity contribution in [3.63, 3.8) is 0 Å². The molecule has 0 aromatic rings. The zero-order chi connectivity index (χ0) is 16.8. The molecule has 128 valence electrons. The van der Waals surface area contributed by atoms with Crippen molar-refractivity contribution in [2.24, 2.45) is 0 Å². The van der Waals surface area contributed by atoms with Crippen molar-refractivity contribution < 1.29 is 19.1 Å². The third-order valence-corrected chi connectivity index (χ3v) is 3.58.